The van der Waals surface area contributed by atoms with Crippen LogP contribution in [0, 0.1) is 0 Å². The van der Waals surface area contributed by atoms with Crippen molar-refractivity contribution in [3.63, 3.8) is 0 Å². The molecule has 0 saturated carbocycles. The van der Waals surface area contributed by atoms with E-state index in [0.29, 0.717) is 29.4 Å². The van der Waals surface area contributed by atoms with Gasteiger partial charge in [-0.3, -0.25) is 10.1 Å². The summed E-state index contributed by atoms with van der Waals surface area (Å²) in [5.41, 5.74) is 0.439. The van der Waals surface area contributed by atoms with Gasteiger partial charge < -0.3 is 18.6 Å². The van der Waals surface area contributed by atoms with E-state index in [1.807, 2.05) is 24.3 Å². The minimum atomic E-state index is -0.544. The maximum absolute atomic E-state index is 12.5. The molecule has 0 bridgehead atoms. The number of nitrogens with zero attached hydrogens (tertiary/aromatic N) is 2. The highest BCUT2D eigenvalue weighted by Crippen LogP contribution is 2.35. The zero-order chi connectivity index (χ0) is 20.8. The minimum absolute atomic E-state index is 0.00766. The Labute approximate surface area is 174 Å². The third kappa shape index (κ3) is 4.71. The first kappa shape index (κ1) is 19.8. The van der Waals surface area contributed by atoms with Crippen LogP contribution < -0.4 is 19.5 Å². The number of para-hydroxylation sites is 2. The SMILES string of the molecule is CCCCCOc1cccc(C(=O)Nc2nnc(C3COc4ccccc4O3)o2)c1. The second-order valence-corrected chi connectivity index (χ2v) is 6.85. The molecule has 4 rings (SSSR count). The van der Waals surface area contributed by atoms with E-state index in [1.54, 1.807) is 24.3 Å². The lowest BCUT2D eigenvalue weighted by molar-refractivity contribution is 0.0716. The van der Waals surface area contributed by atoms with Crippen molar-refractivity contribution < 1.29 is 23.4 Å². The Bertz CT molecular complexity index is 1000. The van der Waals surface area contributed by atoms with Crippen LogP contribution in [-0.4, -0.2) is 29.3 Å². The molecule has 1 unspecified atom stereocenters. The third-order valence-electron chi connectivity index (χ3n) is 4.56. The number of ether oxygens (including phenoxy) is 3. The van der Waals surface area contributed by atoms with Crippen molar-refractivity contribution in [2.75, 3.05) is 18.5 Å². The second kappa shape index (κ2) is 9.30. The lowest BCUT2D eigenvalue weighted by Crippen LogP contribution is -2.21. The fourth-order valence-corrected chi connectivity index (χ4v) is 2.99. The van der Waals surface area contributed by atoms with Crippen LogP contribution in [0.15, 0.2) is 52.9 Å². The van der Waals surface area contributed by atoms with Gasteiger partial charge in [-0.05, 0) is 36.8 Å². The number of aromatic nitrogens is 2. The summed E-state index contributed by atoms with van der Waals surface area (Å²) in [5.74, 6) is 1.78. The van der Waals surface area contributed by atoms with Crippen molar-refractivity contribution in [3.05, 3.63) is 60.0 Å². The van der Waals surface area contributed by atoms with Crippen molar-refractivity contribution in [1.82, 2.24) is 10.2 Å². The van der Waals surface area contributed by atoms with Gasteiger partial charge in [0.25, 0.3) is 11.8 Å². The van der Waals surface area contributed by atoms with Crippen molar-refractivity contribution in [2.24, 2.45) is 0 Å². The summed E-state index contributed by atoms with van der Waals surface area (Å²) in [7, 11) is 0. The number of amides is 1. The van der Waals surface area contributed by atoms with E-state index in [-0.39, 0.29) is 24.4 Å². The molecule has 1 aliphatic rings. The molecule has 1 amide bonds. The zero-order valence-corrected chi connectivity index (χ0v) is 16.7. The van der Waals surface area contributed by atoms with Crippen LogP contribution in [0.3, 0.4) is 0 Å². The van der Waals surface area contributed by atoms with Gasteiger partial charge in [-0.1, -0.05) is 43.1 Å². The average molecular weight is 409 g/mol. The van der Waals surface area contributed by atoms with Gasteiger partial charge in [-0.2, -0.15) is 0 Å². The number of benzene rings is 2. The largest absolute Gasteiger partial charge is 0.494 e. The lowest BCUT2D eigenvalue weighted by Gasteiger charge is -2.23. The molecular weight excluding hydrogens is 386 g/mol. The summed E-state index contributed by atoms with van der Waals surface area (Å²) in [6.45, 7) is 3.00. The molecule has 1 aliphatic heterocycles. The van der Waals surface area contributed by atoms with Crippen LogP contribution in [0.25, 0.3) is 0 Å². The van der Waals surface area contributed by atoms with Crippen LogP contribution in [0.5, 0.6) is 17.2 Å². The highest BCUT2D eigenvalue weighted by atomic mass is 16.6. The Morgan fingerprint density at radius 2 is 2.00 bits per heavy atom. The van der Waals surface area contributed by atoms with E-state index < -0.39 is 6.10 Å². The van der Waals surface area contributed by atoms with Gasteiger partial charge in [0.05, 0.1) is 6.61 Å². The predicted octanol–water partition coefficient (Wildman–Crippen LogP) is 4.40. The molecule has 3 aromatic rings. The number of fused-ring (bicyclic) bond motifs is 1. The highest BCUT2D eigenvalue weighted by Gasteiger charge is 2.27. The number of anilines is 1. The molecule has 2 heterocycles. The van der Waals surface area contributed by atoms with E-state index in [9.17, 15) is 4.79 Å². The number of hydrogen-bond acceptors (Lipinski definition) is 7. The second-order valence-electron chi connectivity index (χ2n) is 6.85. The van der Waals surface area contributed by atoms with E-state index in [1.165, 1.54) is 0 Å². The molecule has 0 fully saturated rings. The van der Waals surface area contributed by atoms with E-state index in [0.717, 1.165) is 19.3 Å². The molecule has 0 aliphatic carbocycles. The Kier molecular flexibility index (Phi) is 6.12. The average Bonchev–Trinajstić information content (AvgIpc) is 3.25. The maximum atomic E-state index is 12.5. The van der Waals surface area contributed by atoms with Gasteiger partial charge in [-0.25, -0.2) is 0 Å². The Morgan fingerprint density at radius 1 is 1.13 bits per heavy atom. The molecule has 1 atom stereocenters. The fraction of sp³-hybridized carbons (Fsp3) is 0.318. The van der Waals surface area contributed by atoms with E-state index >= 15 is 0 Å². The van der Waals surface area contributed by atoms with Crippen LogP contribution in [0.4, 0.5) is 6.01 Å². The summed E-state index contributed by atoms with van der Waals surface area (Å²) in [6.07, 6.45) is 2.68. The van der Waals surface area contributed by atoms with E-state index in [2.05, 4.69) is 22.4 Å². The first-order valence-electron chi connectivity index (χ1n) is 9.99. The summed E-state index contributed by atoms with van der Waals surface area (Å²) >= 11 is 0. The van der Waals surface area contributed by atoms with Gasteiger partial charge >= 0.3 is 6.01 Å². The van der Waals surface area contributed by atoms with Crippen molar-refractivity contribution in [3.8, 4) is 17.2 Å². The molecule has 8 nitrogen and oxygen atoms in total. The molecule has 0 radical (unpaired) electrons. The molecule has 1 N–H and O–H groups in total. The molecular formula is C22H23N3O5. The molecule has 30 heavy (non-hydrogen) atoms. The molecule has 0 saturated heterocycles. The normalized spacial score (nSPS) is 14.9. The lowest BCUT2D eigenvalue weighted by atomic mass is 10.2. The maximum Gasteiger partial charge on any atom is 0.322 e. The number of rotatable bonds is 8. The van der Waals surface area contributed by atoms with Gasteiger partial charge in [0.15, 0.2) is 11.5 Å². The summed E-state index contributed by atoms with van der Waals surface area (Å²) in [5, 5.41) is 10.5. The number of carbonyl (C=O) groups excluding carboxylic acids is 1. The van der Waals surface area contributed by atoms with Crippen LogP contribution >= 0.6 is 0 Å². The number of nitrogens with one attached hydrogen (secondary N) is 1. The molecule has 156 valence electrons. The van der Waals surface area contributed by atoms with Gasteiger partial charge in [0.1, 0.15) is 12.4 Å². The molecule has 8 heteroatoms. The smallest absolute Gasteiger partial charge is 0.322 e. The number of carbonyl (C=O) groups is 1. The molecule has 2 aromatic carbocycles. The standard InChI is InChI=1S/C22H23N3O5/c1-2-3-6-12-27-16-9-7-8-15(13-16)20(26)23-22-25-24-21(30-22)19-14-28-17-10-4-5-11-18(17)29-19/h4-5,7-11,13,19H,2-3,6,12,14H2,1H3,(H,23,25,26). The third-order valence-corrected chi connectivity index (χ3v) is 4.56. The number of unbranched alkanes of at least 4 members (excludes halogenated alkanes) is 2. The van der Waals surface area contributed by atoms with Crippen LogP contribution in [0.1, 0.15) is 48.5 Å². The quantitative estimate of drug-likeness (QED) is 0.551. The highest BCUT2D eigenvalue weighted by molar-refractivity contribution is 6.03. The topological polar surface area (TPSA) is 95.7 Å². The monoisotopic (exact) mass is 409 g/mol. The molecule has 1 aromatic heterocycles. The van der Waals surface area contributed by atoms with E-state index in [4.69, 9.17) is 18.6 Å². The molecule has 0 spiro atoms. The summed E-state index contributed by atoms with van der Waals surface area (Å²) in [6, 6.07) is 14.3. The predicted molar refractivity (Wildman–Crippen MR) is 109 cm³/mol. The van der Waals surface area contributed by atoms with Crippen molar-refractivity contribution in [2.45, 2.75) is 32.3 Å². The van der Waals surface area contributed by atoms with Crippen molar-refractivity contribution in [1.29, 1.82) is 0 Å². The Balaban J connectivity index is 1.36. The first-order valence-corrected chi connectivity index (χ1v) is 9.99. The van der Waals surface area contributed by atoms with Crippen molar-refractivity contribution >= 4 is 11.9 Å². The van der Waals surface area contributed by atoms with Gasteiger partial charge in [0, 0.05) is 5.56 Å². The minimum Gasteiger partial charge on any atom is -0.494 e. The van der Waals surface area contributed by atoms with Gasteiger partial charge in [0.2, 0.25) is 6.10 Å². The van der Waals surface area contributed by atoms with Gasteiger partial charge in [-0.15, -0.1) is 5.10 Å². The fourth-order valence-electron chi connectivity index (χ4n) is 2.99. The number of hydrogen-bond donors (Lipinski definition) is 1. The van der Waals surface area contributed by atoms with Crippen LogP contribution in [0.2, 0.25) is 0 Å². The first-order chi connectivity index (χ1) is 14.7. The zero-order valence-electron chi connectivity index (χ0n) is 16.7. The Hall–Kier alpha value is -3.55. The Morgan fingerprint density at radius 3 is 2.87 bits per heavy atom. The van der Waals surface area contributed by atoms with Crippen LogP contribution in [-0.2, 0) is 0 Å². The summed E-state index contributed by atoms with van der Waals surface area (Å²) in [4.78, 5) is 12.5. The summed E-state index contributed by atoms with van der Waals surface area (Å²) < 4.78 is 22.8.